The van der Waals surface area contributed by atoms with E-state index in [0.717, 1.165) is 11.1 Å². The molecule has 0 aliphatic rings. The molecule has 2 aromatic carbocycles. The molecule has 2 rings (SSSR count). The summed E-state index contributed by atoms with van der Waals surface area (Å²) in [6, 6.07) is 11.1. The van der Waals surface area contributed by atoms with Gasteiger partial charge in [-0.3, -0.25) is 0 Å². The van der Waals surface area contributed by atoms with Crippen molar-refractivity contribution in [2.45, 2.75) is 33.1 Å². The van der Waals surface area contributed by atoms with Gasteiger partial charge in [0.1, 0.15) is 17.1 Å². The van der Waals surface area contributed by atoms with Crippen LogP contribution in [0.25, 0.3) is 0 Å². The summed E-state index contributed by atoms with van der Waals surface area (Å²) in [6.07, 6.45) is 3.19. The normalized spacial score (nSPS) is 10.0. The van der Waals surface area contributed by atoms with E-state index in [9.17, 15) is 20.1 Å². The van der Waals surface area contributed by atoms with Crippen LogP contribution >= 0.6 is 0 Å². The number of benzene rings is 2. The van der Waals surface area contributed by atoms with Gasteiger partial charge >= 0.3 is 43.7 Å². The molecule has 0 aliphatic heterocycles. The quantitative estimate of drug-likeness (QED) is 0.538. The predicted molar refractivity (Wildman–Crippen MR) is 99.5 cm³/mol. The van der Waals surface area contributed by atoms with Gasteiger partial charge in [-0.1, -0.05) is 42.0 Å². The Morgan fingerprint density at radius 2 is 1.72 bits per heavy atom. The van der Waals surface area contributed by atoms with Crippen LogP contribution < -0.4 is 0 Å². The van der Waals surface area contributed by atoms with Crippen LogP contribution in [0.3, 0.4) is 0 Å². The second-order valence-electron chi connectivity index (χ2n) is 6.03. The van der Waals surface area contributed by atoms with Gasteiger partial charge in [0.25, 0.3) is 0 Å². The number of allylic oxidation sites excluding steroid dienone is 2. The fourth-order valence-electron chi connectivity index (χ4n) is 2.62. The third-order valence-corrected chi connectivity index (χ3v) is 3.92. The number of carboxylic acid groups (broad SMARTS) is 1. The summed E-state index contributed by atoms with van der Waals surface area (Å²) in [6.45, 7) is 3.81. The van der Waals surface area contributed by atoms with Gasteiger partial charge in [0, 0.05) is 5.56 Å². The topological polar surface area (TPSA) is 77.8 Å². The van der Waals surface area contributed by atoms with Crippen LogP contribution in [0, 0.1) is 0 Å². The standard InChI is InChI=1S/C20H22O4.Ca/c1-13(2)8-11-16-17(21)12-15(18(19(16)22)20(23)24)10-9-14-6-4-3-5-7-14;/h3-8,12,21-22H,9-11H2,1-2H3,(H,23,24);/q;+2. The second-order valence-corrected chi connectivity index (χ2v) is 6.03. The van der Waals surface area contributed by atoms with Crippen LogP contribution in [0.4, 0.5) is 0 Å². The van der Waals surface area contributed by atoms with Crippen molar-refractivity contribution >= 4 is 43.7 Å². The molecular formula is C20H22CaO4+2. The van der Waals surface area contributed by atoms with E-state index in [2.05, 4.69) is 0 Å². The summed E-state index contributed by atoms with van der Waals surface area (Å²) in [5, 5.41) is 30.0. The van der Waals surface area contributed by atoms with Gasteiger partial charge in [0.05, 0.1) is 0 Å². The average molecular weight is 366 g/mol. The minimum absolute atomic E-state index is 0. The number of hydrogen-bond acceptors (Lipinski definition) is 3. The van der Waals surface area contributed by atoms with Gasteiger partial charge < -0.3 is 15.3 Å². The fourth-order valence-corrected chi connectivity index (χ4v) is 2.62. The maximum Gasteiger partial charge on any atom is 2.00 e. The van der Waals surface area contributed by atoms with Crippen molar-refractivity contribution < 1.29 is 20.1 Å². The third kappa shape index (κ3) is 5.77. The van der Waals surface area contributed by atoms with E-state index in [4.69, 9.17) is 0 Å². The molecule has 4 nitrogen and oxygen atoms in total. The Hall–Kier alpha value is -1.49. The zero-order chi connectivity index (χ0) is 17.7. The first-order valence-electron chi connectivity index (χ1n) is 7.87. The van der Waals surface area contributed by atoms with Crippen molar-refractivity contribution in [3.63, 3.8) is 0 Å². The molecule has 0 spiro atoms. The smallest absolute Gasteiger partial charge is 0.508 e. The van der Waals surface area contributed by atoms with Crippen molar-refractivity contribution in [2.75, 3.05) is 0 Å². The molecule has 0 atom stereocenters. The first kappa shape index (κ1) is 21.6. The van der Waals surface area contributed by atoms with Gasteiger partial charge in [0.2, 0.25) is 0 Å². The molecule has 0 aliphatic carbocycles. The molecule has 0 saturated heterocycles. The van der Waals surface area contributed by atoms with Crippen LogP contribution in [0.15, 0.2) is 48.0 Å². The van der Waals surface area contributed by atoms with E-state index >= 15 is 0 Å². The van der Waals surface area contributed by atoms with Gasteiger partial charge in [-0.2, -0.15) is 0 Å². The predicted octanol–water partition coefficient (Wildman–Crippen LogP) is 3.71. The van der Waals surface area contributed by atoms with Gasteiger partial charge in [0.15, 0.2) is 0 Å². The van der Waals surface area contributed by atoms with Crippen LogP contribution in [0.5, 0.6) is 11.5 Å². The van der Waals surface area contributed by atoms with E-state index in [0.29, 0.717) is 24.8 Å². The van der Waals surface area contributed by atoms with Crippen molar-refractivity contribution in [1.82, 2.24) is 0 Å². The minimum Gasteiger partial charge on any atom is -0.508 e. The molecule has 126 valence electrons. The monoisotopic (exact) mass is 366 g/mol. The number of carboxylic acids is 1. The molecule has 25 heavy (non-hydrogen) atoms. The molecule has 3 N–H and O–H groups in total. The first-order chi connectivity index (χ1) is 11.4. The molecule has 5 heteroatoms. The largest absolute Gasteiger partial charge is 2.00 e. The fraction of sp³-hybridized carbons (Fsp3) is 0.250. The molecule has 0 amide bonds. The third-order valence-electron chi connectivity index (χ3n) is 3.92. The van der Waals surface area contributed by atoms with E-state index < -0.39 is 5.97 Å². The molecule has 0 unspecified atom stereocenters. The maximum atomic E-state index is 11.6. The Morgan fingerprint density at radius 1 is 1.08 bits per heavy atom. The minimum atomic E-state index is -1.19. The Kier molecular flexibility index (Phi) is 8.50. The van der Waals surface area contributed by atoms with Crippen LogP contribution in [0.1, 0.15) is 40.9 Å². The Bertz CT molecular complexity index is 763. The molecule has 2 aromatic rings. The molecule has 0 radical (unpaired) electrons. The zero-order valence-electron chi connectivity index (χ0n) is 14.6. The summed E-state index contributed by atoms with van der Waals surface area (Å²) in [4.78, 5) is 11.6. The number of phenolic OH excluding ortho intramolecular Hbond substituents is 1. The van der Waals surface area contributed by atoms with Gasteiger partial charge in [-0.25, -0.2) is 4.79 Å². The summed E-state index contributed by atoms with van der Waals surface area (Å²) in [5.41, 5.74) is 2.65. The van der Waals surface area contributed by atoms with E-state index in [1.54, 1.807) is 0 Å². The summed E-state index contributed by atoms with van der Waals surface area (Å²) in [5.74, 6) is -1.60. The molecule has 0 heterocycles. The number of rotatable bonds is 6. The Labute approximate surface area is 177 Å². The van der Waals surface area contributed by atoms with Gasteiger partial charge in [-0.15, -0.1) is 0 Å². The maximum absolute atomic E-state index is 11.6. The zero-order valence-corrected chi connectivity index (χ0v) is 16.8. The number of hydrogen-bond donors (Lipinski definition) is 3. The second kappa shape index (κ2) is 9.85. The number of carbonyl (C=O) groups is 1. The molecule has 0 fully saturated rings. The number of phenols is 2. The number of aryl methyl sites for hydroxylation is 2. The van der Waals surface area contributed by atoms with Crippen molar-refractivity contribution in [3.05, 3.63) is 70.3 Å². The van der Waals surface area contributed by atoms with Crippen LogP contribution in [0.2, 0.25) is 0 Å². The first-order valence-corrected chi connectivity index (χ1v) is 7.87. The molecule has 0 bridgehead atoms. The van der Waals surface area contributed by atoms with E-state index in [-0.39, 0.29) is 60.4 Å². The number of aromatic carboxylic acids is 1. The Balaban J connectivity index is 0.00000312. The van der Waals surface area contributed by atoms with E-state index in [1.807, 2.05) is 50.3 Å². The average Bonchev–Trinajstić information content (AvgIpc) is 2.52. The van der Waals surface area contributed by atoms with Crippen LogP contribution in [-0.2, 0) is 19.3 Å². The molecule has 0 aromatic heterocycles. The van der Waals surface area contributed by atoms with Gasteiger partial charge in [-0.05, 0) is 50.3 Å². The summed E-state index contributed by atoms with van der Waals surface area (Å²) >= 11 is 0. The van der Waals surface area contributed by atoms with Crippen LogP contribution in [-0.4, -0.2) is 59.0 Å². The summed E-state index contributed by atoms with van der Waals surface area (Å²) in [7, 11) is 0. The molecular weight excluding hydrogens is 344 g/mol. The van der Waals surface area contributed by atoms with Crippen molar-refractivity contribution in [1.29, 1.82) is 0 Å². The van der Waals surface area contributed by atoms with E-state index in [1.165, 1.54) is 6.07 Å². The summed E-state index contributed by atoms with van der Waals surface area (Å²) < 4.78 is 0. The van der Waals surface area contributed by atoms with Crippen molar-refractivity contribution in [3.8, 4) is 11.5 Å². The SMILES string of the molecule is CC(C)=CCc1c(O)cc(CCc2ccccc2)c(C(=O)O)c1O.[Ca+2]. The Morgan fingerprint density at radius 3 is 2.28 bits per heavy atom. The molecule has 0 saturated carbocycles. The number of aromatic hydroxyl groups is 2. The van der Waals surface area contributed by atoms with Crippen molar-refractivity contribution in [2.24, 2.45) is 0 Å².